The molecule has 4 fully saturated rings. The fraction of sp³-hybridized carbons (Fsp3) is 0.379. The Bertz CT molecular complexity index is 1210. The highest BCUT2D eigenvalue weighted by atomic mass is 16.6. The molecule has 0 amide bonds. The van der Waals surface area contributed by atoms with Crippen LogP contribution in [-0.4, -0.2) is 0 Å². The largest absolute Gasteiger partial charge is 0.450 e. The van der Waals surface area contributed by atoms with Crippen molar-refractivity contribution in [1.29, 1.82) is 0 Å². The number of para-hydroxylation sites is 2. The second-order valence-electron chi connectivity index (χ2n) is 10.5. The number of rotatable bonds is 0. The third-order valence-electron chi connectivity index (χ3n) is 9.22. The highest BCUT2D eigenvalue weighted by Crippen LogP contribution is 2.70. The molecule has 0 unspecified atom stereocenters. The van der Waals surface area contributed by atoms with E-state index in [2.05, 4.69) is 36.4 Å². The van der Waals surface area contributed by atoms with Crippen molar-refractivity contribution in [3.8, 4) is 34.1 Å². The molecule has 1 heterocycles. The van der Waals surface area contributed by atoms with Crippen molar-refractivity contribution in [3.05, 3.63) is 71.8 Å². The van der Waals surface area contributed by atoms with Crippen LogP contribution in [0.4, 0.5) is 0 Å². The molecule has 1 spiro atoms. The molecule has 3 aromatic rings. The molecular formula is C29H26O2. The second kappa shape index (κ2) is 5.73. The van der Waals surface area contributed by atoms with Crippen LogP contribution >= 0.6 is 0 Å². The van der Waals surface area contributed by atoms with E-state index in [0.717, 1.165) is 34.8 Å². The Labute approximate surface area is 183 Å². The SMILES string of the molecule is c1ccc2c(c1)Oc1ccc3c(c1O2)C1(c2ccccc2-3)C2CC3CCC(C2)CC1C3. The van der Waals surface area contributed by atoms with Gasteiger partial charge in [0.25, 0.3) is 0 Å². The summed E-state index contributed by atoms with van der Waals surface area (Å²) in [6.45, 7) is 0. The molecule has 4 saturated carbocycles. The summed E-state index contributed by atoms with van der Waals surface area (Å²) in [5.41, 5.74) is 5.89. The lowest BCUT2D eigenvalue weighted by Crippen LogP contribution is -2.50. The lowest BCUT2D eigenvalue weighted by atomic mass is 9.48. The monoisotopic (exact) mass is 406 g/mol. The fourth-order valence-electron chi connectivity index (χ4n) is 8.30. The Hall–Kier alpha value is -2.74. The maximum Gasteiger partial charge on any atom is 0.174 e. The first-order chi connectivity index (χ1) is 15.3. The minimum atomic E-state index is 0.0876. The van der Waals surface area contributed by atoms with Gasteiger partial charge in [-0.25, -0.2) is 0 Å². The maximum atomic E-state index is 6.69. The topological polar surface area (TPSA) is 18.5 Å². The van der Waals surface area contributed by atoms with Gasteiger partial charge in [-0.05, 0) is 84.2 Å². The van der Waals surface area contributed by atoms with Crippen molar-refractivity contribution in [1.82, 2.24) is 0 Å². The highest BCUT2D eigenvalue weighted by Gasteiger charge is 2.61. The fourth-order valence-corrected chi connectivity index (χ4v) is 8.30. The average Bonchev–Trinajstić information content (AvgIpc) is 2.89. The van der Waals surface area contributed by atoms with E-state index in [0.29, 0.717) is 11.8 Å². The van der Waals surface area contributed by atoms with Gasteiger partial charge in [0.2, 0.25) is 0 Å². The van der Waals surface area contributed by atoms with E-state index in [9.17, 15) is 0 Å². The molecule has 0 saturated heterocycles. The van der Waals surface area contributed by atoms with Gasteiger partial charge in [0.15, 0.2) is 23.0 Å². The van der Waals surface area contributed by atoms with Crippen LogP contribution in [0.1, 0.15) is 49.7 Å². The summed E-state index contributed by atoms with van der Waals surface area (Å²) in [7, 11) is 0. The predicted molar refractivity (Wildman–Crippen MR) is 121 cm³/mol. The lowest BCUT2D eigenvalue weighted by molar-refractivity contribution is 0.0446. The van der Waals surface area contributed by atoms with Crippen molar-refractivity contribution in [2.45, 2.75) is 43.9 Å². The molecule has 2 heteroatoms. The quantitative estimate of drug-likeness (QED) is 0.298. The number of hydrogen-bond acceptors (Lipinski definition) is 2. The lowest BCUT2D eigenvalue weighted by Gasteiger charge is -2.55. The van der Waals surface area contributed by atoms with Crippen molar-refractivity contribution in [2.75, 3.05) is 0 Å². The van der Waals surface area contributed by atoms with E-state index in [4.69, 9.17) is 9.47 Å². The zero-order valence-corrected chi connectivity index (χ0v) is 17.6. The van der Waals surface area contributed by atoms with Crippen LogP contribution in [0.25, 0.3) is 11.1 Å². The zero-order valence-electron chi connectivity index (χ0n) is 17.6. The summed E-state index contributed by atoms with van der Waals surface area (Å²) >= 11 is 0. The third kappa shape index (κ3) is 2.00. The predicted octanol–water partition coefficient (Wildman–Crippen LogP) is 7.70. The molecule has 154 valence electrons. The Kier molecular flexibility index (Phi) is 3.12. The summed E-state index contributed by atoms with van der Waals surface area (Å²) in [5.74, 6) is 6.80. The molecule has 2 nitrogen and oxygen atoms in total. The first kappa shape index (κ1) is 16.9. The molecule has 0 atom stereocenters. The summed E-state index contributed by atoms with van der Waals surface area (Å²) in [6, 6.07) is 21.7. The van der Waals surface area contributed by atoms with Crippen LogP contribution in [0.15, 0.2) is 60.7 Å². The van der Waals surface area contributed by atoms with Gasteiger partial charge >= 0.3 is 0 Å². The molecule has 5 aliphatic carbocycles. The van der Waals surface area contributed by atoms with Gasteiger partial charge in [-0.3, -0.25) is 0 Å². The first-order valence-corrected chi connectivity index (χ1v) is 12.0. The van der Waals surface area contributed by atoms with Gasteiger partial charge in [-0.1, -0.05) is 55.3 Å². The second-order valence-corrected chi connectivity index (χ2v) is 10.5. The van der Waals surface area contributed by atoms with E-state index in [-0.39, 0.29) is 5.41 Å². The van der Waals surface area contributed by atoms with Crippen LogP contribution in [0.2, 0.25) is 0 Å². The molecule has 31 heavy (non-hydrogen) atoms. The smallest absolute Gasteiger partial charge is 0.174 e. The summed E-state index contributed by atoms with van der Waals surface area (Å²) < 4.78 is 13.1. The van der Waals surface area contributed by atoms with E-state index >= 15 is 0 Å². The van der Waals surface area contributed by atoms with E-state index in [1.165, 1.54) is 55.2 Å². The van der Waals surface area contributed by atoms with Gasteiger partial charge in [-0.2, -0.15) is 0 Å². The Morgan fingerprint density at radius 3 is 2.00 bits per heavy atom. The maximum absolute atomic E-state index is 6.69. The molecule has 9 rings (SSSR count). The van der Waals surface area contributed by atoms with Gasteiger partial charge in [0.1, 0.15) is 0 Å². The molecule has 1 aliphatic heterocycles. The Morgan fingerprint density at radius 1 is 0.613 bits per heavy atom. The van der Waals surface area contributed by atoms with Crippen LogP contribution < -0.4 is 9.47 Å². The van der Waals surface area contributed by atoms with Crippen molar-refractivity contribution < 1.29 is 9.47 Å². The molecule has 0 aromatic heterocycles. The minimum absolute atomic E-state index is 0.0876. The van der Waals surface area contributed by atoms with Gasteiger partial charge < -0.3 is 9.47 Å². The first-order valence-electron chi connectivity index (χ1n) is 12.0. The van der Waals surface area contributed by atoms with Crippen LogP contribution in [0, 0.1) is 23.7 Å². The number of hydrogen-bond donors (Lipinski definition) is 0. The van der Waals surface area contributed by atoms with E-state index in [1.54, 1.807) is 5.56 Å². The van der Waals surface area contributed by atoms with Crippen molar-refractivity contribution >= 4 is 0 Å². The van der Waals surface area contributed by atoms with Gasteiger partial charge in [0.05, 0.1) is 0 Å². The number of benzene rings is 3. The van der Waals surface area contributed by atoms with Crippen molar-refractivity contribution in [2.24, 2.45) is 23.7 Å². The summed E-state index contributed by atoms with van der Waals surface area (Å²) in [5, 5.41) is 0. The summed E-state index contributed by atoms with van der Waals surface area (Å²) in [4.78, 5) is 0. The van der Waals surface area contributed by atoms with Gasteiger partial charge in [0, 0.05) is 11.0 Å². The van der Waals surface area contributed by atoms with Gasteiger partial charge in [-0.15, -0.1) is 0 Å². The van der Waals surface area contributed by atoms with E-state index < -0.39 is 0 Å². The standard InChI is InChI=1S/C29H26O2/c1-2-6-23-21(5-1)22-11-12-26-28(31-25-8-4-3-7-24(25)30-26)27(22)29(23)19-13-17-9-10-18(15-19)16-20(29)14-17/h1-8,11-12,17-20H,9-10,13-16H2. The van der Waals surface area contributed by atoms with Crippen LogP contribution in [0.5, 0.6) is 23.0 Å². The van der Waals surface area contributed by atoms with Crippen LogP contribution in [-0.2, 0) is 5.41 Å². The molecule has 3 aromatic carbocycles. The molecule has 0 radical (unpaired) electrons. The molecule has 4 bridgehead atoms. The Morgan fingerprint density at radius 2 is 1.26 bits per heavy atom. The minimum Gasteiger partial charge on any atom is -0.450 e. The molecule has 0 N–H and O–H groups in total. The Balaban J connectivity index is 1.42. The third-order valence-corrected chi connectivity index (χ3v) is 9.22. The van der Waals surface area contributed by atoms with Crippen LogP contribution in [0.3, 0.4) is 0 Å². The molecule has 6 aliphatic rings. The molecular weight excluding hydrogens is 380 g/mol. The average molecular weight is 407 g/mol. The normalized spacial score (nSPS) is 33.0. The summed E-state index contributed by atoms with van der Waals surface area (Å²) in [6.07, 6.45) is 8.40. The number of ether oxygens (including phenoxy) is 2. The number of fused-ring (bicyclic) bond motifs is 7. The van der Waals surface area contributed by atoms with E-state index in [1.807, 2.05) is 24.3 Å². The highest BCUT2D eigenvalue weighted by molar-refractivity contribution is 5.86. The van der Waals surface area contributed by atoms with Crippen molar-refractivity contribution in [3.63, 3.8) is 0 Å². The zero-order chi connectivity index (χ0) is 20.2.